The number of rotatable bonds is 11. The van der Waals surface area contributed by atoms with E-state index >= 15 is 4.39 Å². The minimum atomic E-state index is -0.746. The first kappa shape index (κ1) is 26.6. The highest BCUT2D eigenvalue weighted by Crippen LogP contribution is 2.43. The van der Waals surface area contributed by atoms with E-state index in [1.807, 2.05) is 30.3 Å². The highest BCUT2D eigenvalue weighted by Gasteiger charge is 2.32. The van der Waals surface area contributed by atoms with Crippen LogP contribution in [0.5, 0.6) is 0 Å². The monoisotopic (exact) mass is 492 g/mol. The van der Waals surface area contributed by atoms with Crippen molar-refractivity contribution < 1.29 is 8.78 Å². The first-order chi connectivity index (χ1) is 17.5. The van der Waals surface area contributed by atoms with Gasteiger partial charge in [-0.25, -0.2) is 8.78 Å². The number of allylic oxidation sites excluding steroid dienone is 5. The second-order valence-electron chi connectivity index (χ2n) is 11.0. The van der Waals surface area contributed by atoms with Crippen molar-refractivity contribution in [2.45, 2.75) is 96.9 Å². The fourth-order valence-corrected chi connectivity index (χ4v) is 5.99. The van der Waals surface area contributed by atoms with Crippen LogP contribution in [0.15, 0.2) is 66.3 Å². The molecule has 0 saturated heterocycles. The molecule has 0 amide bonds. The van der Waals surface area contributed by atoms with Gasteiger partial charge in [0.15, 0.2) is 5.83 Å². The van der Waals surface area contributed by atoms with Crippen molar-refractivity contribution in [1.82, 2.24) is 9.78 Å². The maximum atomic E-state index is 15.2. The summed E-state index contributed by atoms with van der Waals surface area (Å²) in [4.78, 5) is 0. The minimum absolute atomic E-state index is 0.471. The first-order valence-electron chi connectivity index (χ1n) is 14.0. The highest BCUT2D eigenvalue weighted by molar-refractivity contribution is 5.66. The molecule has 0 N–H and O–H groups in total. The van der Waals surface area contributed by atoms with E-state index < -0.39 is 17.6 Å². The number of benzene rings is 1. The molecule has 1 unspecified atom stereocenters. The van der Waals surface area contributed by atoms with Crippen molar-refractivity contribution in [3.63, 3.8) is 0 Å². The van der Waals surface area contributed by atoms with E-state index in [1.54, 1.807) is 6.08 Å². The van der Waals surface area contributed by atoms with E-state index in [9.17, 15) is 4.39 Å². The van der Waals surface area contributed by atoms with Gasteiger partial charge in [0.05, 0.1) is 5.69 Å². The predicted octanol–water partition coefficient (Wildman–Crippen LogP) is 9.64. The van der Waals surface area contributed by atoms with Crippen molar-refractivity contribution in [3.05, 3.63) is 77.5 Å². The van der Waals surface area contributed by atoms with Crippen molar-refractivity contribution in [1.29, 1.82) is 0 Å². The quantitative estimate of drug-likeness (QED) is 0.285. The van der Waals surface area contributed by atoms with E-state index in [4.69, 9.17) is 5.10 Å². The highest BCUT2D eigenvalue weighted by atomic mass is 19.2. The smallest absolute Gasteiger partial charge is 0.154 e. The molecular weight excluding hydrogens is 450 g/mol. The van der Waals surface area contributed by atoms with Gasteiger partial charge in [-0.05, 0) is 69.8 Å². The first-order valence-corrected chi connectivity index (χ1v) is 14.0. The third kappa shape index (κ3) is 6.44. The number of nitrogens with zero attached hydrogens (tertiary/aromatic N) is 2. The van der Waals surface area contributed by atoms with E-state index in [-0.39, 0.29) is 0 Å². The molecule has 0 radical (unpaired) electrons. The molecule has 2 aliphatic rings. The van der Waals surface area contributed by atoms with Gasteiger partial charge in [0.25, 0.3) is 0 Å². The van der Waals surface area contributed by atoms with Crippen molar-refractivity contribution in [2.75, 3.05) is 0 Å². The summed E-state index contributed by atoms with van der Waals surface area (Å²) >= 11 is 0. The van der Waals surface area contributed by atoms with Crippen molar-refractivity contribution in [2.24, 2.45) is 11.8 Å². The summed E-state index contributed by atoms with van der Waals surface area (Å²) in [7, 11) is 0. The number of hydrogen-bond donors (Lipinski definition) is 0. The molecule has 1 fully saturated rings. The van der Waals surface area contributed by atoms with E-state index in [0.717, 1.165) is 60.7 Å². The number of halogens is 2. The molecule has 2 nitrogen and oxygen atoms in total. The second-order valence-corrected chi connectivity index (χ2v) is 11.0. The molecule has 2 aliphatic carbocycles. The van der Waals surface area contributed by atoms with Gasteiger partial charge in [0, 0.05) is 29.3 Å². The van der Waals surface area contributed by atoms with Gasteiger partial charge >= 0.3 is 0 Å². The lowest BCUT2D eigenvalue weighted by molar-refractivity contribution is 0.233. The standard InChI is InChI=1S/C32H42F2N2/c1-4-5-17-29-30(27-15-10-16-28(33)31(27)34)32(26-13-7-6-8-14-26)35-36(29)22-25-20-18-24(19-21-25)12-9-11-23(2)3/h6-8,10,13-14,16,24-25,27H,2,4-5,9,11-12,15,17-22H2,1,3H3. The minimum Gasteiger partial charge on any atom is -0.268 e. The van der Waals surface area contributed by atoms with Crippen molar-refractivity contribution >= 4 is 0 Å². The Morgan fingerprint density at radius 2 is 1.78 bits per heavy atom. The van der Waals surface area contributed by atoms with Gasteiger partial charge in [0.2, 0.25) is 0 Å². The lowest BCUT2D eigenvalue weighted by Gasteiger charge is -2.29. The van der Waals surface area contributed by atoms with Crippen LogP contribution in [0, 0.1) is 11.8 Å². The Bertz CT molecular complexity index is 1070. The van der Waals surface area contributed by atoms with E-state index in [0.29, 0.717) is 12.3 Å². The van der Waals surface area contributed by atoms with Crippen LogP contribution in [0.4, 0.5) is 8.78 Å². The van der Waals surface area contributed by atoms with Crippen LogP contribution in [-0.4, -0.2) is 9.78 Å². The maximum Gasteiger partial charge on any atom is 0.154 e. The third-order valence-electron chi connectivity index (χ3n) is 8.04. The molecule has 0 bridgehead atoms. The van der Waals surface area contributed by atoms with Gasteiger partial charge in [0.1, 0.15) is 5.83 Å². The Morgan fingerprint density at radius 1 is 1.06 bits per heavy atom. The largest absolute Gasteiger partial charge is 0.268 e. The van der Waals surface area contributed by atoms with Gasteiger partial charge in [-0.15, -0.1) is 6.58 Å². The Morgan fingerprint density at radius 3 is 2.47 bits per heavy atom. The molecule has 1 aromatic heterocycles. The predicted molar refractivity (Wildman–Crippen MR) is 146 cm³/mol. The molecule has 1 saturated carbocycles. The Balaban J connectivity index is 1.60. The van der Waals surface area contributed by atoms with Gasteiger partial charge in [-0.1, -0.05) is 74.6 Å². The number of hydrogen-bond acceptors (Lipinski definition) is 1. The molecular formula is C32H42F2N2. The summed E-state index contributed by atoms with van der Waals surface area (Å²) in [5.41, 5.74) is 5.07. The molecule has 4 heteroatoms. The van der Waals surface area contributed by atoms with Crippen LogP contribution in [0.1, 0.15) is 95.2 Å². The fraction of sp³-hybridized carbons (Fsp3) is 0.531. The SMILES string of the molecule is C=C(C)CCCC1CCC(Cn2nc(-c3ccccc3)c(C3CC=CC(F)=C3F)c2CCCC)CC1. The molecule has 0 aliphatic heterocycles. The summed E-state index contributed by atoms with van der Waals surface area (Å²) < 4.78 is 31.7. The normalized spacial score (nSPS) is 22.3. The summed E-state index contributed by atoms with van der Waals surface area (Å²) in [5, 5.41) is 5.12. The van der Waals surface area contributed by atoms with Gasteiger partial charge in [-0.2, -0.15) is 5.10 Å². The Hall–Kier alpha value is -2.49. The maximum absolute atomic E-state index is 15.2. The molecule has 2 aromatic rings. The fourth-order valence-electron chi connectivity index (χ4n) is 5.99. The van der Waals surface area contributed by atoms with Crippen LogP contribution in [0.25, 0.3) is 11.3 Å². The summed E-state index contributed by atoms with van der Waals surface area (Å²) in [6, 6.07) is 10.0. The van der Waals surface area contributed by atoms with Crippen molar-refractivity contribution in [3.8, 4) is 11.3 Å². The summed E-state index contributed by atoms with van der Waals surface area (Å²) in [6.07, 6.45) is 15.1. The van der Waals surface area contributed by atoms with Gasteiger partial charge in [-0.3, -0.25) is 4.68 Å². The average Bonchev–Trinajstić information content (AvgIpc) is 3.23. The molecule has 1 atom stereocenters. The Kier molecular flexibility index (Phi) is 9.34. The van der Waals surface area contributed by atoms with Crippen LogP contribution in [0.3, 0.4) is 0 Å². The second kappa shape index (κ2) is 12.7. The molecule has 194 valence electrons. The number of aromatic nitrogens is 2. The summed E-state index contributed by atoms with van der Waals surface area (Å²) in [5.74, 6) is -0.589. The van der Waals surface area contributed by atoms with Crippen LogP contribution < -0.4 is 0 Å². The number of unbranched alkanes of at least 4 members (excludes halogenated alkanes) is 1. The average molecular weight is 493 g/mol. The molecule has 0 spiro atoms. The van der Waals surface area contributed by atoms with Crippen LogP contribution in [-0.2, 0) is 13.0 Å². The molecule has 36 heavy (non-hydrogen) atoms. The Labute approximate surface area is 216 Å². The lowest BCUT2D eigenvalue weighted by Crippen LogP contribution is -2.21. The van der Waals surface area contributed by atoms with Gasteiger partial charge < -0.3 is 0 Å². The molecule has 1 heterocycles. The lowest BCUT2D eigenvalue weighted by atomic mass is 9.79. The zero-order chi connectivity index (χ0) is 25.5. The topological polar surface area (TPSA) is 17.8 Å². The van der Waals surface area contributed by atoms with Crippen LogP contribution >= 0.6 is 0 Å². The zero-order valence-corrected chi connectivity index (χ0v) is 22.1. The van der Waals surface area contributed by atoms with Crippen LogP contribution in [0.2, 0.25) is 0 Å². The summed E-state index contributed by atoms with van der Waals surface area (Å²) in [6.45, 7) is 9.21. The third-order valence-corrected chi connectivity index (χ3v) is 8.04. The zero-order valence-electron chi connectivity index (χ0n) is 22.1. The van der Waals surface area contributed by atoms with E-state index in [1.165, 1.54) is 50.2 Å². The molecule has 4 rings (SSSR count). The molecule has 1 aromatic carbocycles. The van der Waals surface area contributed by atoms with E-state index in [2.05, 4.69) is 25.1 Å².